The van der Waals surface area contributed by atoms with Crippen LogP contribution in [-0.4, -0.2) is 44.3 Å². The van der Waals surface area contributed by atoms with E-state index in [0.717, 1.165) is 19.6 Å². The minimum atomic E-state index is 0.318. The highest BCUT2D eigenvalue weighted by Gasteiger charge is 2.27. The summed E-state index contributed by atoms with van der Waals surface area (Å²) in [5.41, 5.74) is 1.35. The van der Waals surface area contributed by atoms with Crippen LogP contribution in [-0.2, 0) is 4.74 Å². The number of nitrogens with zero attached hydrogens (tertiary/aromatic N) is 1. The second-order valence-corrected chi connectivity index (χ2v) is 5.36. The van der Waals surface area contributed by atoms with Crippen LogP contribution in [0.5, 0.6) is 0 Å². The van der Waals surface area contributed by atoms with Crippen LogP contribution in [0.15, 0.2) is 30.3 Å². The Labute approximate surface area is 110 Å². The average Bonchev–Trinajstić information content (AvgIpc) is 2.75. The fourth-order valence-electron chi connectivity index (χ4n) is 2.51. The predicted octanol–water partition coefficient (Wildman–Crippen LogP) is 2.06. The van der Waals surface area contributed by atoms with Crippen LogP contribution in [0.4, 0.5) is 0 Å². The Bertz CT molecular complexity index is 353. The maximum atomic E-state index is 5.63. The van der Waals surface area contributed by atoms with Crippen molar-refractivity contribution < 1.29 is 4.74 Å². The third kappa shape index (κ3) is 3.55. The number of likely N-dealkylation sites (N-methyl/N-ethyl adjacent to an activating group) is 1. The first-order valence-electron chi connectivity index (χ1n) is 6.74. The lowest BCUT2D eigenvalue weighted by Crippen LogP contribution is -2.41. The molecule has 3 atom stereocenters. The summed E-state index contributed by atoms with van der Waals surface area (Å²) >= 11 is 0. The van der Waals surface area contributed by atoms with Gasteiger partial charge in [-0.25, -0.2) is 0 Å². The van der Waals surface area contributed by atoms with Gasteiger partial charge in [0.2, 0.25) is 0 Å². The molecule has 0 saturated carbocycles. The molecule has 3 heteroatoms. The van der Waals surface area contributed by atoms with Crippen LogP contribution in [0.1, 0.15) is 24.9 Å². The summed E-state index contributed by atoms with van der Waals surface area (Å²) in [5, 5.41) is 3.75. The third-order valence-electron chi connectivity index (χ3n) is 3.54. The Kier molecular flexibility index (Phi) is 4.75. The molecule has 0 amide bonds. The second-order valence-electron chi connectivity index (χ2n) is 5.36. The van der Waals surface area contributed by atoms with Crippen molar-refractivity contribution in [3.63, 3.8) is 0 Å². The molecule has 3 unspecified atom stereocenters. The maximum absolute atomic E-state index is 5.63. The Hall–Kier alpha value is -0.900. The topological polar surface area (TPSA) is 24.5 Å². The molecule has 2 rings (SSSR count). The van der Waals surface area contributed by atoms with Gasteiger partial charge in [0.25, 0.3) is 0 Å². The molecule has 1 fully saturated rings. The molecule has 3 nitrogen and oxygen atoms in total. The highest BCUT2D eigenvalue weighted by molar-refractivity contribution is 5.19. The van der Waals surface area contributed by atoms with Crippen molar-refractivity contribution in [2.75, 3.05) is 27.2 Å². The minimum Gasteiger partial charge on any atom is -0.377 e. The Morgan fingerprint density at radius 3 is 2.61 bits per heavy atom. The quantitative estimate of drug-likeness (QED) is 0.863. The van der Waals surface area contributed by atoms with Crippen molar-refractivity contribution in [3.8, 4) is 0 Å². The van der Waals surface area contributed by atoms with Gasteiger partial charge in [0.15, 0.2) is 0 Å². The number of rotatable bonds is 5. The molecular formula is C15H24N2O. The van der Waals surface area contributed by atoms with E-state index >= 15 is 0 Å². The lowest BCUT2D eigenvalue weighted by molar-refractivity contribution is 0.109. The molecule has 0 spiro atoms. The van der Waals surface area contributed by atoms with Crippen LogP contribution in [0.2, 0.25) is 0 Å². The first kappa shape index (κ1) is 13.5. The van der Waals surface area contributed by atoms with E-state index in [1.165, 1.54) is 5.56 Å². The number of ether oxygens (including phenoxy) is 1. The number of benzene rings is 1. The minimum absolute atomic E-state index is 0.318. The van der Waals surface area contributed by atoms with Gasteiger partial charge >= 0.3 is 0 Å². The molecule has 1 N–H and O–H groups in total. The largest absolute Gasteiger partial charge is 0.377 e. The molecule has 1 aromatic carbocycles. The molecular weight excluding hydrogens is 224 g/mol. The van der Waals surface area contributed by atoms with E-state index < -0.39 is 0 Å². The van der Waals surface area contributed by atoms with E-state index in [4.69, 9.17) is 4.74 Å². The van der Waals surface area contributed by atoms with Gasteiger partial charge < -0.3 is 15.0 Å². The van der Waals surface area contributed by atoms with E-state index in [0.29, 0.717) is 18.2 Å². The molecule has 1 aromatic rings. The average molecular weight is 248 g/mol. The van der Waals surface area contributed by atoms with Crippen molar-refractivity contribution in [2.24, 2.45) is 0 Å². The van der Waals surface area contributed by atoms with Gasteiger partial charge in [-0.2, -0.15) is 0 Å². The van der Waals surface area contributed by atoms with Gasteiger partial charge in [-0.15, -0.1) is 0 Å². The van der Waals surface area contributed by atoms with Gasteiger partial charge in [-0.3, -0.25) is 0 Å². The summed E-state index contributed by atoms with van der Waals surface area (Å²) in [6.07, 6.45) is 1.43. The van der Waals surface area contributed by atoms with Crippen molar-refractivity contribution in [1.82, 2.24) is 10.2 Å². The SMILES string of the molecule is CC1OCCC1NC(CN(C)C)c1ccccc1. The fourth-order valence-corrected chi connectivity index (χ4v) is 2.51. The Morgan fingerprint density at radius 2 is 2.06 bits per heavy atom. The standard InChI is InChI=1S/C15H24N2O/c1-12-14(9-10-18-12)16-15(11-17(2)3)13-7-5-4-6-8-13/h4-8,12,14-16H,9-11H2,1-3H3. The van der Waals surface area contributed by atoms with Gasteiger partial charge in [0.1, 0.15) is 0 Å². The van der Waals surface area contributed by atoms with Crippen molar-refractivity contribution in [2.45, 2.75) is 31.5 Å². The summed E-state index contributed by atoms with van der Waals surface area (Å²) in [6, 6.07) is 11.5. The lowest BCUT2D eigenvalue weighted by atomic mass is 10.0. The van der Waals surface area contributed by atoms with Crippen molar-refractivity contribution >= 4 is 0 Å². The molecule has 100 valence electrons. The molecule has 0 radical (unpaired) electrons. The van der Waals surface area contributed by atoms with E-state index in [-0.39, 0.29) is 0 Å². The zero-order valence-corrected chi connectivity index (χ0v) is 11.6. The van der Waals surface area contributed by atoms with Crippen molar-refractivity contribution in [3.05, 3.63) is 35.9 Å². The summed E-state index contributed by atoms with van der Waals surface area (Å²) < 4.78 is 5.63. The Morgan fingerprint density at radius 1 is 1.33 bits per heavy atom. The second kappa shape index (κ2) is 6.32. The van der Waals surface area contributed by atoms with Gasteiger partial charge in [0.05, 0.1) is 6.10 Å². The van der Waals surface area contributed by atoms with Gasteiger partial charge in [0, 0.05) is 25.2 Å². The summed E-state index contributed by atoms with van der Waals surface area (Å²) in [5.74, 6) is 0. The molecule has 1 saturated heterocycles. The predicted molar refractivity (Wildman–Crippen MR) is 74.7 cm³/mol. The molecule has 0 bridgehead atoms. The summed E-state index contributed by atoms with van der Waals surface area (Å²) in [7, 11) is 4.23. The fraction of sp³-hybridized carbons (Fsp3) is 0.600. The van der Waals surface area contributed by atoms with E-state index in [9.17, 15) is 0 Å². The van der Waals surface area contributed by atoms with Gasteiger partial charge in [-0.05, 0) is 33.0 Å². The van der Waals surface area contributed by atoms with Gasteiger partial charge in [-0.1, -0.05) is 30.3 Å². The highest BCUT2D eigenvalue weighted by Crippen LogP contribution is 2.19. The number of hydrogen-bond donors (Lipinski definition) is 1. The zero-order chi connectivity index (χ0) is 13.0. The van der Waals surface area contributed by atoms with E-state index in [1.54, 1.807) is 0 Å². The smallest absolute Gasteiger partial charge is 0.0700 e. The van der Waals surface area contributed by atoms with Crippen molar-refractivity contribution in [1.29, 1.82) is 0 Å². The highest BCUT2D eigenvalue weighted by atomic mass is 16.5. The lowest BCUT2D eigenvalue weighted by Gasteiger charge is -2.27. The monoisotopic (exact) mass is 248 g/mol. The molecule has 0 aliphatic carbocycles. The summed E-state index contributed by atoms with van der Waals surface area (Å²) in [4.78, 5) is 2.23. The van der Waals surface area contributed by atoms with Crippen LogP contribution in [0.25, 0.3) is 0 Å². The third-order valence-corrected chi connectivity index (χ3v) is 3.54. The molecule has 1 aliphatic heterocycles. The molecule has 0 aromatic heterocycles. The molecule has 1 heterocycles. The van der Waals surface area contributed by atoms with Crippen LogP contribution >= 0.6 is 0 Å². The molecule has 1 aliphatic rings. The van der Waals surface area contributed by atoms with Crippen LogP contribution in [0, 0.1) is 0 Å². The van der Waals surface area contributed by atoms with E-state index in [1.807, 2.05) is 0 Å². The van der Waals surface area contributed by atoms with E-state index in [2.05, 4.69) is 61.6 Å². The zero-order valence-electron chi connectivity index (χ0n) is 11.6. The number of nitrogens with one attached hydrogen (secondary N) is 1. The Balaban J connectivity index is 2.05. The molecule has 18 heavy (non-hydrogen) atoms. The summed E-state index contributed by atoms with van der Waals surface area (Å²) in [6.45, 7) is 4.04. The van der Waals surface area contributed by atoms with Crippen LogP contribution in [0.3, 0.4) is 0 Å². The van der Waals surface area contributed by atoms with Crippen LogP contribution < -0.4 is 5.32 Å². The normalized spacial score (nSPS) is 25.6. The maximum Gasteiger partial charge on any atom is 0.0700 e. The first-order chi connectivity index (χ1) is 8.66. The number of hydrogen-bond acceptors (Lipinski definition) is 3. The first-order valence-corrected chi connectivity index (χ1v) is 6.74.